The molecule has 2 aromatic heterocycles. The van der Waals surface area contributed by atoms with Gasteiger partial charge in [-0.25, -0.2) is 9.13 Å². The van der Waals surface area contributed by atoms with Crippen molar-refractivity contribution in [3.8, 4) is 22.5 Å². The van der Waals surface area contributed by atoms with E-state index in [4.69, 9.17) is 4.11 Å². The predicted octanol–water partition coefficient (Wildman–Crippen LogP) is 9.72. The second-order valence-corrected chi connectivity index (χ2v) is 16.4. The molecule has 0 spiro atoms. The maximum atomic E-state index is 9.30. The lowest BCUT2D eigenvalue weighted by Gasteiger charge is -2.34. The van der Waals surface area contributed by atoms with E-state index in [0.29, 0.717) is 5.56 Å². The molecule has 45 heavy (non-hydrogen) atoms. The van der Waals surface area contributed by atoms with Crippen molar-refractivity contribution >= 4 is 0 Å². The number of hydrogen-bond acceptors (Lipinski definition) is 0. The smallest absolute Gasteiger partial charge is 0.201 e. The summed E-state index contributed by atoms with van der Waals surface area (Å²) in [6.45, 7) is 20.5. The first kappa shape index (κ1) is 26.9. The number of fused-ring (bicyclic) bond motifs is 6. The molecule has 0 radical (unpaired) electrons. The highest BCUT2D eigenvalue weighted by Gasteiger charge is 2.60. The third-order valence-electron chi connectivity index (χ3n) is 12.0. The number of benzene rings is 2. The van der Waals surface area contributed by atoms with Crippen LogP contribution < -0.4 is 9.13 Å². The molecular formula is C43H56N2+2. The Morgan fingerprint density at radius 2 is 1.22 bits per heavy atom. The van der Waals surface area contributed by atoms with E-state index >= 15 is 0 Å². The first-order chi connectivity index (χ1) is 22.4. The van der Waals surface area contributed by atoms with Crippen LogP contribution in [-0.2, 0) is 30.3 Å². The van der Waals surface area contributed by atoms with Crippen LogP contribution in [0, 0.1) is 33.0 Å². The van der Waals surface area contributed by atoms with Crippen molar-refractivity contribution in [1.29, 1.82) is 0 Å². The van der Waals surface area contributed by atoms with E-state index < -0.39 is 12.7 Å². The number of aromatic nitrogens is 2. The Hall–Kier alpha value is -3.26. The van der Waals surface area contributed by atoms with Crippen LogP contribution in [0.5, 0.6) is 0 Å². The third kappa shape index (κ3) is 4.90. The van der Waals surface area contributed by atoms with Crippen LogP contribution in [0.3, 0.4) is 0 Å². The number of hydrogen-bond donors (Lipinski definition) is 0. The van der Waals surface area contributed by atoms with Crippen LogP contribution in [0.1, 0.15) is 124 Å². The average molecular weight is 605 g/mol. The molecule has 236 valence electrons. The Morgan fingerprint density at radius 3 is 1.82 bits per heavy atom. The van der Waals surface area contributed by atoms with Gasteiger partial charge < -0.3 is 0 Å². The Balaban J connectivity index is 0.000000174. The summed E-state index contributed by atoms with van der Waals surface area (Å²) in [5.41, 5.74) is 14.7. The monoisotopic (exact) mass is 604 g/mol. The molecule has 1 fully saturated rings. The molecule has 0 saturated heterocycles. The van der Waals surface area contributed by atoms with Crippen LogP contribution in [0.2, 0.25) is 0 Å². The largest absolute Gasteiger partial charge is 0.212 e. The quantitative estimate of drug-likeness (QED) is 0.201. The van der Waals surface area contributed by atoms with Crippen LogP contribution in [0.15, 0.2) is 60.9 Å². The fraction of sp³-hybridized carbons (Fsp3) is 0.488. The summed E-state index contributed by atoms with van der Waals surface area (Å²) in [7, 11) is 4.22. The van der Waals surface area contributed by atoms with E-state index in [2.05, 4.69) is 121 Å². The van der Waals surface area contributed by atoms with Gasteiger partial charge in [-0.15, -0.1) is 0 Å². The molecule has 2 aromatic carbocycles. The van der Waals surface area contributed by atoms with E-state index in [9.17, 15) is 1.37 Å². The van der Waals surface area contributed by atoms with Crippen molar-refractivity contribution in [3.63, 3.8) is 0 Å². The molecule has 1 saturated carbocycles. The molecular weight excluding hydrogens is 544 g/mol. The fourth-order valence-corrected chi connectivity index (χ4v) is 9.25. The lowest BCUT2D eigenvalue weighted by molar-refractivity contribution is -0.661. The first-order valence-electron chi connectivity index (χ1n) is 18.7. The van der Waals surface area contributed by atoms with Gasteiger partial charge in [-0.1, -0.05) is 83.9 Å². The van der Waals surface area contributed by atoms with Gasteiger partial charge in [-0.2, -0.15) is 0 Å². The molecule has 7 rings (SSSR count). The van der Waals surface area contributed by atoms with Crippen molar-refractivity contribution in [2.24, 2.45) is 19.5 Å². The third-order valence-corrected chi connectivity index (χ3v) is 12.0. The minimum Gasteiger partial charge on any atom is -0.201 e. The van der Waals surface area contributed by atoms with Gasteiger partial charge in [0.2, 0.25) is 11.4 Å². The van der Waals surface area contributed by atoms with Crippen LogP contribution in [0.25, 0.3) is 22.5 Å². The van der Waals surface area contributed by atoms with Gasteiger partial charge in [0.15, 0.2) is 12.4 Å². The lowest BCUT2D eigenvalue weighted by atomic mass is 9.69. The van der Waals surface area contributed by atoms with E-state index in [1.807, 2.05) is 20.0 Å². The summed E-state index contributed by atoms with van der Waals surface area (Å²) in [6, 6.07) is 16.8. The maximum Gasteiger partial charge on any atom is 0.212 e. The zero-order valence-electron chi connectivity index (χ0n) is 33.8. The molecule has 3 aliphatic rings. The summed E-state index contributed by atoms with van der Waals surface area (Å²) >= 11 is 0. The molecule has 2 unspecified atom stereocenters. The van der Waals surface area contributed by atoms with Crippen LogP contribution in [0.4, 0.5) is 0 Å². The first-order valence-corrected chi connectivity index (χ1v) is 16.7. The molecule has 2 heteroatoms. The summed E-state index contributed by atoms with van der Waals surface area (Å²) in [6.07, 6.45) is 7.74. The molecule has 2 heterocycles. The lowest BCUT2D eigenvalue weighted by Crippen LogP contribution is -2.36. The molecule has 2 bridgehead atoms. The second kappa shape index (κ2) is 10.4. The SMILES string of the molecule is Cc1ccc(-c2cc3c(c[n+]2C)C(C)(C)CC3(C)C)c(C)c1.[2H]C([2H])([2H])c1ccc(-c2cc3c(c[n+]2C)C2(C)CCC3([2H])C2(C)C)c(C)c1. The molecule has 0 N–H and O–H groups in total. The fourth-order valence-electron chi connectivity index (χ4n) is 9.25. The molecule has 0 aliphatic heterocycles. The van der Waals surface area contributed by atoms with Crippen molar-refractivity contribution in [2.45, 2.75) is 117 Å². The van der Waals surface area contributed by atoms with Crippen molar-refractivity contribution in [1.82, 2.24) is 0 Å². The Morgan fingerprint density at radius 1 is 0.689 bits per heavy atom. The maximum absolute atomic E-state index is 9.30. The molecule has 2 atom stereocenters. The van der Waals surface area contributed by atoms with Crippen molar-refractivity contribution < 1.29 is 14.6 Å². The van der Waals surface area contributed by atoms with Crippen molar-refractivity contribution in [2.75, 3.05) is 0 Å². The minimum atomic E-state index is -2.09. The molecule has 2 nitrogen and oxygen atoms in total. The summed E-state index contributed by atoms with van der Waals surface area (Å²) in [4.78, 5) is 0. The summed E-state index contributed by atoms with van der Waals surface area (Å²) < 4.78 is 36.7. The standard InChI is InChI=1S/C22H28N.C21H28N/c1-14-7-8-16(15(2)11-14)20-12-17-18-9-10-22(5,21(18,3)4)19(17)13-23(20)6;1-14-8-9-16(15(2)10-14)19-11-17-18(12-22(19)7)21(5,6)13-20(17,3)4/h7-8,11-13,18H,9-10H2,1-6H3;8-12H,13H2,1-7H3/q2*+1/i1D3,18D;. The highest BCUT2D eigenvalue weighted by atomic mass is 14.9. The van der Waals surface area contributed by atoms with Gasteiger partial charge in [-0.05, 0) is 103 Å². The zero-order chi connectivity index (χ0) is 36.3. The van der Waals surface area contributed by atoms with Gasteiger partial charge in [0.1, 0.15) is 14.1 Å². The van der Waals surface area contributed by atoms with Gasteiger partial charge in [0, 0.05) is 45.3 Å². The number of aryl methyl sites for hydroxylation is 6. The van der Waals surface area contributed by atoms with Gasteiger partial charge in [0.25, 0.3) is 0 Å². The highest BCUT2D eigenvalue weighted by Crippen LogP contribution is 2.67. The van der Waals surface area contributed by atoms with E-state index in [1.54, 1.807) is 12.1 Å². The Labute approximate surface area is 279 Å². The van der Waals surface area contributed by atoms with Gasteiger partial charge >= 0.3 is 0 Å². The van der Waals surface area contributed by atoms with E-state index in [-0.39, 0.29) is 21.7 Å². The van der Waals surface area contributed by atoms with Gasteiger partial charge in [-0.3, -0.25) is 0 Å². The van der Waals surface area contributed by atoms with E-state index in [0.717, 1.165) is 35.2 Å². The zero-order valence-corrected chi connectivity index (χ0v) is 29.8. The predicted molar refractivity (Wildman–Crippen MR) is 189 cm³/mol. The topological polar surface area (TPSA) is 7.76 Å². The highest BCUT2D eigenvalue weighted by molar-refractivity contribution is 5.65. The Kier molecular flexibility index (Phi) is 6.21. The summed E-state index contributed by atoms with van der Waals surface area (Å²) in [5, 5.41) is 0. The normalized spacial score (nSPS) is 26.1. The summed E-state index contributed by atoms with van der Waals surface area (Å²) in [5.74, 6) is -0.563. The average Bonchev–Trinajstić information content (AvgIpc) is 3.34. The number of nitrogens with zero attached hydrogens (tertiary/aromatic N) is 2. The van der Waals surface area contributed by atoms with Crippen LogP contribution in [-0.4, -0.2) is 0 Å². The van der Waals surface area contributed by atoms with E-state index in [1.165, 1.54) is 45.5 Å². The Bertz CT molecular complexity index is 2000. The van der Waals surface area contributed by atoms with Gasteiger partial charge in [0.05, 0.1) is 0 Å². The molecule has 4 aromatic rings. The molecule has 0 amide bonds. The number of rotatable bonds is 2. The van der Waals surface area contributed by atoms with Crippen molar-refractivity contribution in [3.05, 3.63) is 105 Å². The second-order valence-electron chi connectivity index (χ2n) is 16.4. The number of pyridine rings is 2. The molecule has 3 aliphatic carbocycles. The minimum absolute atomic E-state index is 0.0283. The van der Waals surface area contributed by atoms with Crippen LogP contribution >= 0.6 is 0 Å².